The Hall–Kier alpha value is -1.87. The van der Waals surface area contributed by atoms with Gasteiger partial charge in [-0.05, 0) is 29.7 Å². The summed E-state index contributed by atoms with van der Waals surface area (Å²) >= 11 is 0. The molecule has 0 aliphatic heterocycles. The lowest BCUT2D eigenvalue weighted by molar-refractivity contribution is -0.143. The van der Waals surface area contributed by atoms with Crippen molar-refractivity contribution in [1.29, 1.82) is 0 Å². The van der Waals surface area contributed by atoms with E-state index in [2.05, 4.69) is 30.3 Å². The second-order valence-corrected chi connectivity index (χ2v) is 4.65. The van der Waals surface area contributed by atoms with E-state index in [0.717, 1.165) is 5.56 Å². The van der Waals surface area contributed by atoms with Crippen LogP contribution in [0.25, 0.3) is 10.8 Å². The molecule has 19 heavy (non-hydrogen) atoms. The molecule has 0 aliphatic rings. The third-order valence-corrected chi connectivity index (χ3v) is 3.05. The first kappa shape index (κ1) is 13.6. The quantitative estimate of drug-likeness (QED) is 0.838. The fourth-order valence-corrected chi connectivity index (χ4v) is 2.17. The number of ether oxygens (including phenoxy) is 1. The number of hydrogen-bond acceptors (Lipinski definition) is 3. The molecule has 100 valence electrons. The molecular formula is C16H19NO2. The van der Waals surface area contributed by atoms with Crippen molar-refractivity contribution in [2.75, 3.05) is 6.61 Å². The van der Waals surface area contributed by atoms with Crippen LogP contribution in [-0.2, 0) is 16.0 Å². The number of carbonyl (C=O) groups excluding carboxylic acids is 1. The van der Waals surface area contributed by atoms with Crippen LogP contribution >= 0.6 is 0 Å². The van der Waals surface area contributed by atoms with Gasteiger partial charge in [0.15, 0.2) is 0 Å². The number of nitrogens with two attached hydrogens (primary N) is 1. The van der Waals surface area contributed by atoms with Crippen LogP contribution in [-0.4, -0.2) is 18.6 Å². The normalized spacial score (nSPS) is 12.3. The Morgan fingerprint density at radius 2 is 1.95 bits per heavy atom. The molecule has 2 N–H and O–H groups in total. The SMILES string of the molecule is CCOC(=O)C[C@@H](N)Cc1ccc2ccccc2c1. The van der Waals surface area contributed by atoms with Gasteiger partial charge >= 0.3 is 5.97 Å². The standard InChI is InChI=1S/C16H19NO2/c1-2-19-16(18)11-15(17)10-12-7-8-13-5-3-4-6-14(13)9-12/h3-9,15H,2,10-11,17H2,1H3/t15-/m0/s1. The summed E-state index contributed by atoms with van der Waals surface area (Å²) in [6, 6.07) is 14.3. The van der Waals surface area contributed by atoms with Crippen LogP contribution in [0.3, 0.4) is 0 Å². The Morgan fingerprint density at radius 3 is 2.68 bits per heavy atom. The molecule has 0 aliphatic carbocycles. The number of hydrogen-bond donors (Lipinski definition) is 1. The van der Waals surface area contributed by atoms with E-state index >= 15 is 0 Å². The Balaban J connectivity index is 2.02. The van der Waals surface area contributed by atoms with Gasteiger partial charge in [0.25, 0.3) is 0 Å². The molecule has 3 heteroatoms. The van der Waals surface area contributed by atoms with Crippen molar-refractivity contribution in [3.63, 3.8) is 0 Å². The minimum Gasteiger partial charge on any atom is -0.466 e. The molecule has 0 radical (unpaired) electrons. The van der Waals surface area contributed by atoms with Gasteiger partial charge in [-0.3, -0.25) is 4.79 Å². The minimum atomic E-state index is -0.226. The fraction of sp³-hybridized carbons (Fsp3) is 0.312. The van der Waals surface area contributed by atoms with E-state index in [0.29, 0.717) is 13.0 Å². The molecule has 2 rings (SSSR count). The Bertz CT molecular complexity index is 565. The zero-order valence-electron chi connectivity index (χ0n) is 11.1. The summed E-state index contributed by atoms with van der Waals surface area (Å²) in [7, 11) is 0. The molecule has 0 heterocycles. The van der Waals surface area contributed by atoms with Crippen LogP contribution in [0.1, 0.15) is 18.9 Å². The van der Waals surface area contributed by atoms with E-state index in [-0.39, 0.29) is 18.4 Å². The molecule has 3 nitrogen and oxygen atoms in total. The maximum atomic E-state index is 11.4. The fourth-order valence-electron chi connectivity index (χ4n) is 2.17. The molecule has 0 amide bonds. The van der Waals surface area contributed by atoms with E-state index in [1.165, 1.54) is 10.8 Å². The average Bonchev–Trinajstić information content (AvgIpc) is 2.38. The van der Waals surface area contributed by atoms with Crippen LogP contribution in [0.15, 0.2) is 42.5 Å². The van der Waals surface area contributed by atoms with E-state index < -0.39 is 0 Å². The van der Waals surface area contributed by atoms with Gasteiger partial charge in [0, 0.05) is 6.04 Å². The van der Waals surface area contributed by atoms with Crippen molar-refractivity contribution in [3.05, 3.63) is 48.0 Å². The van der Waals surface area contributed by atoms with Gasteiger partial charge in [0.2, 0.25) is 0 Å². The number of fused-ring (bicyclic) bond motifs is 1. The van der Waals surface area contributed by atoms with E-state index in [9.17, 15) is 4.79 Å². The van der Waals surface area contributed by atoms with Crippen molar-refractivity contribution in [1.82, 2.24) is 0 Å². The highest BCUT2D eigenvalue weighted by atomic mass is 16.5. The molecule has 0 saturated heterocycles. The van der Waals surface area contributed by atoms with E-state index in [1.54, 1.807) is 6.92 Å². The van der Waals surface area contributed by atoms with Crippen LogP contribution < -0.4 is 5.73 Å². The summed E-state index contributed by atoms with van der Waals surface area (Å²) < 4.78 is 4.90. The number of benzene rings is 2. The van der Waals surface area contributed by atoms with Crippen molar-refractivity contribution in [2.24, 2.45) is 5.73 Å². The first-order valence-corrected chi connectivity index (χ1v) is 6.58. The summed E-state index contributed by atoms with van der Waals surface area (Å²) in [5, 5.41) is 2.41. The van der Waals surface area contributed by atoms with Gasteiger partial charge in [0.05, 0.1) is 13.0 Å². The first-order chi connectivity index (χ1) is 9.19. The lowest BCUT2D eigenvalue weighted by Crippen LogP contribution is -2.27. The van der Waals surface area contributed by atoms with Crippen molar-refractivity contribution in [3.8, 4) is 0 Å². The molecule has 0 spiro atoms. The monoisotopic (exact) mass is 257 g/mol. The smallest absolute Gasteiger partial charge is 0.307 e. The van der Waals surface area contributed by atoms with Crippen molar-refractivity contribution < 1.29 is 9.53 Å². The van der Waals surface area contributed by atoms with E-state index in [4.69, 9.17) is 10.5 Å². The summed E-state index contributed by atoms with van der Waals surface area (Å²) in [4.78, 5) is 11.4. The molecular weight excluding hydrogens is 238 g/mol. The first-order valence-electron chi connectivity index (χ1n) is 6.58. The third kappa shape index (κ3) is 3.80. The average molecular weight is 257 g/mol. The molecule has 0 fully saturated rings. The Labute approximate surface area is 113 Å². The van der Waals surface area contributed by atoms with Gasteiger partial charge in [-0.25, -0.2) is 0 Å². The Kier molecular flexibility index (Phi) is 4.53. The largest absolute Gasteiger partial charge is 0.466 e. The van der Waals surface area contributed by atoms with Crippen LogP contribution in [0.5, 0.6) is 0 Å². The van der Waals surface area contributed by atoms with Gasteiger partial charge in [-0.1, -0.05) is 42.5 Å². The lowest BCUT2D eigenvalue weighted by atomic mass is 10.0. The van der Waals surface area contributed by atoms with Gasteiger partial charge in [-0.15, -0.1) is 0 Å². The van der Waals surface area contributed by atoms with Crippen LogP contribution in [0.2, 0.25) is 0 Å². The molecule has 0 unspecified atom stereocenters. The van der Waals surface area contributed by atoms with Crippen molar-refractivity contribution >= 4 is 16.7 Å². The van der Waals surface area contributed by atoms with Gasteiger partial charge in [0.1, 0.15) is 0 Å². The Morgan fingerprint density at radius 1 is 1.21 bits per heavy atom. The maximum absolute atomic E-state index is 11.4. The molecule has 1 atom stereocenters. The summed E-state index contributed by atoms with van der Waals surface area (Å²) in [5.41, 5.74) is 7.13. The third-order valence-electron chi connectivity index (χ3n) is 3.05. The van der Waals surface area contributed by atoms with Gasteiger partial charge < -0.3 is 10.5 Å². The van der Waals surface area contributed by atoms with Gasteiger partial charge in [-0.2, -0.15) is 0 Å². The highest BCUT2D eigenvalue weighted by molar-refractivity contribution is 5.83. The maximum Gasteiger partial charge on any atom is 0.307 e. The molecule has 0 bridgehead atoms. The summed E-state index contributed by atoms with van der Waals surface area (Å²) in [5.74, 6) is -0.226. The second-order valence-electron chi connectivity index (χ2n) is 4.65. The molecule has 2 aromatic carbocycles. The summed E-state index contributed by atoms with van der Waals surface area (Å²) in [6.07, 6.45) is 0.949. The predicted octanol–water partition coefficient (Wildman–Crippen LogP) is 2.66. The second kappa shape index (κ2) is 6.34. The topological polar surface area (TPSA) is 52.3 Å². The van der Waals surface area contributed by atoms with Crippen LogP contribution in [0, 0.1) is 0 Å². The highest BCUT2D eigenvalue weighted by Gasteiger charge is 2.11. The van der Waals surface area contributed by atoms with Crippen LogP contribution in [0.4, 0.5) is 0 Å². The molecule has 2 aromatic rings. The lowest BCUT2D eigenvalue weighted by Gasteiger charge is -2.11. The molecule has 0 aromatic heterocycles. The number of rotatable bonds is 5. The zero-order valence-corrected chi connectivity index (χ0v) is 11.1. The van der Waals surface area contributed by atoms with Crippen molar-refractivity contribution in [2.45, 2.75) is 25.8 Å². The minimum absolute atomic E-state index is 0.194. The number of esters is 1. The number of carbonyl (C=O) groups is 1. The highest BCUT2D eigenvalue weighted by Crippen LogP contribution is 2.16. The predicted molar refractivity (Wildman–Crippen MR) is 76.9 cm³/mol. The summed E-state index contributed by atoms with van der Waals surface area (Å²) in [6.45, 7) is 2.20. The van der Waals surface area contributed by atoms with E-state index in [1.807, 2.05) is 12.1 Å². The zero-order chi connectivity index (χ0) is 13.7. The molecule has 0 saturated carbocycles.